The van der Waals surface area contributed by atoms with Crippen LogP contribution < -0.4 is 4.74 Å². The smallest absolute Gasteiger partial charge is 0.243 e. The summed E-state index contributed by atoms with van der Waals surface area (Å²) in [6.45, 7) is 2.51. The normalized spacial score (nSPS) is 16.0. The van der Waals surface area contributed by atoms with Gasteiger partial charge in [0, 0.05) is 58.6 Å². The quantitative estimate of drug-likeness (QED) is 0.643. The average Bonchev–Trinajstić information content (AvgIpc) is 3.13. The molecule has 0 atom stereocenters. The van der Waals surface area contributed by atoms with Gasteiger partial charge in [0.25, 0.3) is 0 Å². The first kappa shape index (κ1) is 21.3. The van der Waals surface area contributed by atoms with Crippen molar-refractivity contribution < 1.29 is 17.9 Å². The number of aryl methyl sites for hydroxylation is 1. The van der Waals surface area contributed by atoms with Crippen LogP contribution in [0.25, 0.3) is 0 Å². The maximum Gasteiger partial charge on any atom is 0.243 e. The summed E-state index contributed by atoms with van der Waals surface area (Å²) in [6.07, 6.45) is 3.62. The number of ether oxygens (including phenoxy) is 1. The molecule has 1 aliphatic rings. The summed E-state index contributed by atoms with van der Waals surface area (Å²) < 4.78 is 33.9. The van der Waals surface area contributed by atoms with Gasteiger partial charge in [0.05, 0.1) is 24.7 Å². The molecule has 0 bridgehead atoms. The largest absolute Gasteiger partial charge is 0.497 e. The number of sulfonamides is 1. The molecule has 1 aliphatic heterocycles. The molecule has 1 amide bonds. The van der Waals surface area contributed by atoms with Crippen LogP contribution in [0.15, 0.2) is 41.6 Å². The van der Waals surface area contributed by atoms with E-state index in [1.807, 2.05) is 18.1 Å². The molecule has 0 unspecified atom stereocenters. The number of aromatic nitrogens is 2. The van der Waals surface area contributed by atoms with Gasteiger partial charge in [0.2, 0.25) is 15.9 Å². The molecule has 2 heterocycles. The summed E-state index contributed by atoms with van der Waals surface area (Å²) >= 11 is 0. The summed E-state index contributed by atoms with van der Waals surface area (Å²) in [6, 6.07) is 6.38. The lowest BCUT2D eigenvalue weighted by Crippen LogP contribution is -2.51. The van der Waals surface area contributed by atoms with Gasteiger partial charge in [-0.2, -0.15) is 9.40 Å². The topological polar surface area (TPSA) is 88.0 Å². The first-order valence-corrected chi connectivity index (χ1v) is 10.8. The molecule has 3 rings (SSSR count). The van der Waals surface area contributed by atoms with Crippen LogP contribution >= 0.6 is 0 Å². The Morgan fingerprint density at radius 1 is 1.17 bits per heavy atom. The van der Waals surface area contributed by atoms with Crippen molar-refractivity contribution in [1.29, 1.82) is 0 Å². The standard InChI is InChI=1S/C19H27N5O4S/c1-21(13-16-12-20-22(2)14-16)19(25)15-23-8-10-24(11-9-23)29(26,27)18-6-4-17(28-3)5-7-18/h4-7,12,14H,8-11,13,15H2,1-3H3. The monoisotopic (exact) mass is 421 g/mol. The summed E-state index contributed by atoms with van der Waals surface area (Å²) in [4.78, 5) is 16.4. The molecule has 0 N–H and O–H groups in total. The number of likely N-dealkylation sites (N-methyl/N-ethyl adjacent to an activating group) is 1. The van der Waals surface area contributed by atoms with Gasteiger partial charge in [-0.3, -0.25) is 14.4 Å². The molecule has 158 valence electrons. The molecule has 0 aliphatic carbocycles. The molecule has 1 aromatic carbocycles. The second-order valence-corrected chi connectivity index (χ2v) is 9.07. The third kappa shape index (κ3) is 5.14. The summed E-state index contributed by atoms with van der Waals surface area (Å²) in [5.74, 6) is 0.614. The lowest BCUT2D eigenvalue weighted by atomic mass is 10.3. The minimum Gasteiger partial charge on any atom is -0.497 e. The van der Waals surface area contributed by atoms with E-state index in [-0.39, 0.29) is 17.3 Å². The van der Waals surface area contributed by atoms with Crippen molar-refractivity contribution in [1.82, 2.24) is 23.9 Å². The van der Waals surface area contributed by atoms with Crippen molar-refractivity contribution in [3.05, 3.63) is 42.2 Å². The number of rotatable bonds is 7. The summed E-state index contributed by atoms with van der Waals surface area (Å²) in [5.41, 5.74) is 0.971. The van der Waals surface area contributed by atoms with Gasteiger partial charge in [-0.1, -0.05) is 0 Å². The van der Waals surface area contributed by atoms with Crippen LogP contribution in [0, 0.1) is 0 Å². The lowest BCUT2D eigenvalue weighted by molar-refractivity contribution is -0.131. The maximum atomic E-state index is 12.8. The molecular weight excluding hydrogens is 394 g/mol. The molecule has 1 fully saturated rings. The number of carbonyl (C=O) groups excluding carboxylic acids is 1. The molecule has 1 saturated heterocycles. The third-order valence-electron chi connectivity index (χ3n) is 4.99. The van der Waals surface area contributed by atoms with Crippen LogP contribution in [-0.2, 0) is 28.4 Å². The van der Waals surface area contributed by atoms with Gasteiger partial charge in [-0.05, 0) is 24.3 Å². The molecular formula is C19H27N5O4S. The van der Waals surface area contributed by atoms with Crippen LogP contribution in [-0.4, -0.2) is 85.1 Å². The van der Waals surface area contributed by atoms with Crippen LogP contribution in [0.2, 0.25) is 0 Å². The number of carbonyl (C=O) groups is 1. The van der Waals surface area contributed by atoms with E-state index in [4.69, 9.17) is 4.74 Å². The Bertz CT molecular complexity index is 934. The van der Waals surface area contributed by atoms with E-state index in [1.54, 1.807) is 47.1 Å². The predicted octanol–water partition coefficient (Wildman–Crippen LogP) is 0.394. The number of benzene rings is 1. The van der Waals surface area contributed by atoms with Gasteiger partial charge in [0.1, 0.15) is 5.75 Å². The molecule has 2 aromatic rings. The Morgan fingerprint density at radius 3 is 2.38 bits per heavy atom. The molecule has 0 radical (unpaired) electrons. The second-order valence-electron chi connectivity index (χ2n) is 7.13. The van der Waals surface area contributed by atoms with E-state index in [0.29, 0.717) is 38.5 Å². The highest BCUT2D eigenvalue weighted by molar-refractivity contribution is 7.89. The zero-order chi connectivity index (χ0) is 21.0. The summed E-state index contributed by atoms with van der Waals surface area (Å²) in [7, 11) is 1.59. The van der Waals surface area contributed by atoms with Crippen LogP contribution in [0.1, 0.15) is 5.56 Å². The van der Waals surface area contributed by atoms with E-state index in [1.165, 1.54) is 11.4 Å². The number of nitrogens with zero attached hydrogens (tertiary/aromatic N) is 5. The van der Waals surface area contributed by atoms with Gasteiger partial charge in [0.15, 0.2) is 0 Å². The second kappa shape index (κ2) is 8.93. The van der Waals surface area contributed by atoms with E-state index >= 15 is 0 Å². The van der Waals surface area contributed by atoms with Crippen molar-refractivity contribution >= 4 is 15.9 Å². The van der Waals surface area contributed by atoms with Gasteiger partial charge in [-0.15, -0.1) is 0 Å². The third-order valence-corrected chi connectivity index (χ3v) is 6.90. The Balaban J connectivity index is 1.52. The molecule has 29 heavy (non-hydrogen) atoms. The number of amides is 1. The van der Waals surface area contributed by atoms with E-state index in [2.05, 4.69) is 5.10 Å². The maximum absolute atomic E-state index is 12.8. The van der Waals surface area contributed by atoms with E-state index < -0.39 is 10.0 Å². The SMILES string of the molecule is COc1ccc(S(=O)(=O)N2CCN(CC(=O)N(C)Cc3cnn(C)c3)CC2)cc1. The number of hydrogen-bond acceptors (Lipinski definition) is 6. The fraction of sp³-hybridized carbons (Fsp3) is 0.474. The first-order valence-electron chi connectivity index (χ1n) is 9.37. The van der Waals surface area contributed by atoms with Crippen molar-refractivity contribution in [2.75, 3.05) is 46.9 Å². The Kier molecular flexibility index (Phi) is 6.56. The highest BCUT2D eigenvalue weighted by Crippen LogP contribution is 2.20. The predicted molar refractivity (Wildman–Crippen MR) is 108 cm³/mol. The van der Waals surface area contributed by atoms with Crippen LogP contribution in [0.5, 0.6) is 5.75 Å². The van der Waals surface area contributed by atoms with Gasteiger partial charge >= 0.3 is 0 Å². The molecule has 1 aromatic heterocycles. The number of methoxy groups -OCH3 is 1. The highest BCUT2D eigenvalue weighted by atomic mass is 32.2. The zero-order valence-corrected chi connectivity index (χ0v) is 17.8. The highest BCUT2D eigenvalue weighted by Gasteiger charge is 2.29. The summed E-state index contributed by atoms with van der Waals surface area (Å²) in [5, 5.41) is 4.11. The van der Waals surface area contributed by atoms with E-state index in [0.717, 1.165) is 5.56 Å². The fourth-order valence-corrected chi connectivity index (χ4v) is 4.67. The lowest BCUT2D eigenvalue weighted by Gasteiger charge is -2.34. The molecule has 9 nitrogen and oxygen atoms in total. The van der Waals surface area contributed by atoms with E-state index in [9.17, 15) is 13.2 Å². The van der Waals surface area contributed by atoms with Gasteiger partial charge < -0.3 is 9.64 Å². The first-order chi connectivity index (χ1) is 13.8. The average molecular weight is 422 g/mol. The number of hydrogen-bond donors (Lipinski definition) is 0. The van der Waals surface area contributed by atoms with Crippen molar-refractivity contribution in [3.63, 3.8) is 0 Å². The van der Waals surface area contributed by atoms with Crippen molar-refractivity contribution in [2.45, 2.75) is 11.4 Å². The zero-order valence-electron chi connectivity index (χ0n) is 17.0. The van der Waals surface area contributed by atoms with Gasteiger partial charge in [-0.25, -0.2) is 8.42 Å². The molecule has 0 saturated carbocycles. The Hall–Kier alpha value is -2.43. The number of piperazine rings is 1. The minimum atomic E-state index is -3.55. The molecule has 10 heteroatoms. The van der Waals surface area contributed by atoms with Crippen LogP contribution in [0.3, 0.4) is 0 Å². The van der Waals surface area contributed by atoms with Crippen molar-refractivity contribution in [2.24, 2.45) is 7.05 Å². The Morgan fingerprint density at radius 2 is 1.83 bits per heavy atom. The van der Waals surface area contributed by atoms with Crippen molar-refractivity contribution in [3.8, 4) is 5.75 Å². The van der Waals surface area contributed by atoms with Crippen LogP contribution in [0.4, 0.5) is 0 Å². The Labute approximate surface area is 171 Å². The fourth-order valence-electron chi connectivity index (χ4n) is 3.25. The minimum absolute atomic E-state index is 0.000291. The molecule has 0 spiro atoms.